The summed E-state index contributed by atoms with van der Waals surface area (Å²) in [5.74, 6) is 0. The van der Waals surface area contributed by atoms with Crippen molar-refractivity contribution in [1.82, 2.24) is 9.80 Å². The van der Waals surface area contributed by atoms with Crippen LogP contribution in [0.15, 0.2) is 61.2 Å². The summed E-state index contributed by atoms with van der Waals surface area (Å²) in [5.41, 5.74) is 8.16. The van der Waals surface area contributed by atoms with Gasteiger partial charge in [0.25, 0.3) is 0 Å². The van der Waals surface area contributed by atoms with E-state index in [1.165, 1.54) is 11.1 Å². The summed E-state index contributed by atoms with van der Waals surface area (Å²) in [7, 11) is 4.27. The normalized spacial score (nSPS) is 24.7. The molecule has 0 amide bonds. The molecular weight excluding hydrogens is 432 g/mol. The monoisotopic (exact) mass is 460 g/mol. The van der Waals surface area contributed by atoms with Crippen molar-refractivity contribution < 1.29 is 0 Å². The fourth-order valence-electron chi connectivity index (χ4n) is 6.75. The summed E-state index contributed by atoms with van der Waals surface area (Å²) in [6, 6.07) is 16.8. The molecule has 0 aromatic heterocycles. The minimum absolute atomic E-state index is 0.0104. The van der Waals surface area contributed by atoms with Crippen molar-refractivity contribution in [2.24, 2.45) is 5.41 Å². The first-order valence-corrected chi connectivity index (χ1v) is 12.2. The molecule has 2 atom stereocenters. The van der Waals surface area contributed by atoms with Crippen LogP contribution in [-0.2, 0) is 0 Å². The number of anilines is 2. The minimum Gasteiger partial charge on any atom is -0.358 e. The van der Waals surface area contributed by atoms with Gasteiger partial charge in [0.15, 0.2) is 0 Å². The van der Waals surface area contributed by atoms with E-state index in [4.69, 9.17) is 0 Å². The number of fused-ring (bicyclic) bond motifs is 6. The number of hydrogen-bond acceptors (Lipinski definition) is 6. The first kappa shape index (κ1) is 21.4. The van der Waals surface area contributed by atoms with Gasteiger partial charge in [0.05, 0.1) is 34.6 Å². The standard InChI is InChI=1S/C29H28N6/c1-5-29(6-2)26(22-16-20(18-31)8-10-24(22)35-14-12-33(4)28(29)35)25-21-15-19(17-30)7-9-23(21)34-13-11-32(3)27(25)34/h7-16,27-28H,5-6H2,1-4H3. The van der Waals surface area contributed by atoms with Crippen molar-refractivity contribution >= 4 is 22.5 Å². The Morgan fingerprint density at radius 2 is 1.34 bits per heavy atom. The molecule has 0 spiro atoms. The molecule has 6 heteroatoms. The van der Waals surface area contributed by atoms with Crippen LogP contribution >= 0.6 is 0 Å². The van der Waals surface area contributed by atoms with Gasteiger partial charge in [-0.05, 0) is 54.8 Å². The third-order valence-electron chi connectivity index (χ3n) is 8.37. The Morgan fingerprint density at radius 3 is 1.97 bits per heavy atom. The second kappa shape index (κ2) is 7.42. The van der Waals surface area contributed by atoms with Crippen molar-refractivity contribution in [1.29, 1.82) is 10.5 Å². The fraction of sp³-hybridized carbons (Fsp3) is 0.310. The molecule has 0 radical (unpaired) electrons. The van der Waals surface area contributed by atoms with E-state index >= 15 is 0 Å². The smallest absolute Gasteiger partial charge is 0.132 e. The predicted molar refractivity (Wildman–Crippen MR) is 138 cm³/mol. The lowest BCUT2D eigenvalue weighted by molar-refractivity contribution is 0.175. The number of nitriles is 2. The summed E-state index contributed by atoms with van der Waals surface area (Å²) >= 11 is 0. The maximum atomic E-state index is 9.82. The third kappa shape index (κ3) is 2.63. The van der Waals surface area contributed by atoms with Crippen LogP contribution in [0.25, 0.3) is 11.1 Å². The zero-order valence-electron chi connectivity index (χ0n) is 20.5. The first-order chi connectivity index (χ1) is 17.0. The van der Waals surface area contributed by atoms with E-state index in [1.54, 1.807) is 0 Å². The van der Waals surface area contributed by atoms with Crippen LogP contribution in [0.5, 0.6) is 0 Å². The van der Waals surface area contributed by atoms with Crippen molar-refractivity contribution in [2.45, 2.75) is 39.0 Å². The van der Waals surface area contributed by atoms with Crippen LogP contribution in [0, 0.1) is 28.1 Å². The lowest BCUT2D eigenvalue weighted by Crippen LogP contribution is -2.54. The molecule has 0 saturated carbocycles. The van der Waals surface area contributed by atoms with Gasteiger partial charge in [-0.15, -0.1) is 0 Å². The molecule has 0 saturated heterocycles. The van der Waals surface area contributed by atoms with Gasteiger partial charge in [-0.2, -0.15) is 10.5 Å². The molecule has 0 N–H and O–H groups in total. The number of hydrogen-bond donors (Lipinski definition) is 0. The van der Waals surface area contributed by atoms with Gasteiger partial charge >= 0.3 is 0 Å². The van der Waals surface area contributed by atoms with Crippen molar-refractivity contribution in [3.63, 3.8) is 0 Å². The maximum absolute atomic E-state index is 9.82. The average molecular weight is 461 g/mol. The Labute approximate surface area is 206 Å². The lowest BCUT2D eigenvalue weighted by atomic mass is 9.64. The van der Waals surface area contributed by atoms with E-state index in [1.807, 2.05) is 18.2 Å². The summed E-state index contributed by atoms with van der Waals surface area (Å²) in [5, 5.41) is 19.6. The maximum Gasteiger partial charge on any atom is 0.132 e. The Morgan fingerprint density at radius 1 is 0.771 bits per heavy atom. The quantitative estimate of drug-likeness (QED) is 0.608. The van der Waals surface area contributed by atoms with Crippen LogP contribution in [0.2, 0.25) is 0 Å². The lowest BCUT2D eigenvalue weighted by Gasteiger charge is -2.52. The third-order valence-corrected chi connectivity index (χ3v) is 8.37. The van der Waals surface area contributed by atoms with E-state index in [2.05, 4.69) is 103 Å². The van der Waals surface area contributed by atoms with E-state index < -0.39 is 0 Å². The molecule has 0 bridgehead atoms. The van der Waals surface area contributed by atoms with Gasteiger partial charge in [-0.3, -0.25) is 0 Å². The molecule has 6 nitrogen and oxygen atoms in total. The Hall–Kier alpha value is -4.16. The fourth-order valence-corrected chi connectivity index (χ4v) is 6.75. The first-order valence-electron chi connectivity index (χ1n) is 12.2. The number of likely N-dealkylation sites (N-methyl/N-ethyl adjacent to an activating group) is 1. The molecule has 2 unspecified atom stereocenters. The molecule has 2 aromatic carbocycles. The number of nitrogens with zero attached hydrogens (tertiary/aromatic N) is 6. The Bertz CT molecular complexity index is 1410. The van der Waals surface area contributed by atoms with Crippen molar-refractivity contribution in [2.75, 3.05) is 23.9 Å². The van der Waals surface area contributed by atoms with E-state index in [0.717, 1.165) is 35.3 Å². The molecule has 4 heterocycles. The number of benzene rings is 2. The molecule has 0 aliphatic carbocycles. The summed E-state index contributed by atoms with van der Waals surface area (Å²) in [4.78, 5) is 9.26. The molecule has 2 aromatic rings. The van der Waals surface area contributed by atoms with E-state index in [9.17, 15) is 10.5 Å². The highest BCUT2D eigenvalue weighted by Crippen LogP contribution is 2.60. The van der Waals surface area contributed by atoms with Gasteiger partial charge in [0.1, 0.15) is 12.3 Å². The van der Waals surface area contributed by atoms with E-state index in [0.29, 0.717) is 11.1 Å². The number of rotatable bonds is 2. The largest absolute Gasteiger partial charge is 0.358 e. The highest BCUT2D eigenvalue weighted by atomic mass is 15.4. The summed E-state index contributed by atoms with van der Waals surface area (Å²) in [6.07, 6.45) is 10.6. The highest BCUT2D eigenvalue weighted by Gasteiger charge is 2.54. The highest BCUT2D eigenvalue weighted by molar-refractivity contribution is 6.07. The molecule has 174 valence electrons. The van der Waals surface area contributed by atoms with E-state index in [-0.39, 0.29) is 17.7 Å². The zero-order chi connectivity index (χ0) is 24.5. The van der Waals surface area contributed by atoms with Crippen LogP contribution < -0.4 is 9.80 Å². The van der Waals surface area contributed by atoms with Crippen LogP contribution in [-0.4, -0.2) is 36.2 Å². The summed E-state index contributed by atoms with van der Waals surface area (Å²) < 4.78 is 0. The summed E-state index contributed by atoms with van der Waals surface area (Å²) in [6.45, 7) is 4.56. The Balaban J connectivity index is 1.78. The van der Waals surface area contributed by atoms with Crippen LogP contribution in [0.4, 0.5) is 11.4 Å². The van der Waals surface area contributed by atoms with Gasteiger partial charge in [-0.25, -0.2) is 0 Å². The second-order valence-corrected chi connectivity index (χ2v) is 9.83. The SMILES string of the molecule is CCC1(CC)C(=C2c3cc(C#N)ccc3N3C=CN(C)C23)c2cc(C#N)ccc2N2C=CN(C)C21. The van der Waals surface area contributed by atoms with Crippen molar-refractivity contribution in [3.8, 4) is 12.1 Å². The van der Waals surface area contributed by atoms with Gasteiger partial charge in [-0.1, -0.05) is 13.8 Å². The molecular formula is C29H28N6. The Kier molecular flexibility index (Phi) is 4.53. The molecule has 35 heavy (non-hydrogen) atoms. The van der Waals surface area contributed by atoms with Crippen LogP contribution in [0.1, 0.15) is 48.9 Å². The second-order valence-electron chi connectivity index (χ2n) is 9.83. The van der Waals surface area contributed by atoms with Crippen molar-refractivity contribution in [3.05, 3.63) is 83.5 Å². The van der Waals surface area contributed by atoms with Gasteiger partial charge in [0, 0.05) is 61.0 Å². The minimum atomic E-state index is -0.186. The topological polar surface area (TPSA) is 60.5 Å². The van der Waals surface area contributed by atoms with Gasteiger partial charge < -0.3 is 19.6 Å². The van der Waals surface area contributed by atoms with Gasteiger partial charge in [0.2, 0.25) is 0 Å². The molecule has 4 aliphatic rings. The molecule has 4 aliphatic heterocycles. The molecule has 0 fully saturated rings. The zero-order valence-corrected chi connectivity index (χ0v) is 20.5. The predicted octanol–water partition coefficient (Wildman–Crippen LogP) is 5.27. The molecule has 6 rings (SSSR count). The van der Waals surface area contributed by atoms with Crippen LogP contribution in [0.3, 0.4) is 0 Å². The average Bonchev–Trinajstić information content (AvgIpc) is 3.56.